The van der Waals surface area contributed by atoms with Crippen LogP contribution in [0.5, 0.6) is 0 Å². The maximum Gasteiger partial charge on any atom is 0.136 e. The van der Waals surface area contributed by atoms with E-state index in [1.54, 1.807) is 6.26 Å². The van der Waals surface area contributed by atoms with Crippen molar-refractivity contribution in [1.82, 2.24) is 0 Å². The van der Waals surface area contributed by atoms with Crippen LogP contribution in [0.2, 0.25) is 0 Å². The predicted octanol–water partition coefficient (Wildman–Crippen LogP) is 14.5. The molecule has 11 aromatic rings. The van der Waals surface area contributed by atoms with Crippen LogP contribution in [0.4, 0.5) is 0 Å². The average molecular weight is 663 g/mol. The first-order valence-electron chi connectivity index (χ1n) is 17.7. The third kappa shape index (κ3) is 4.25. The predicted molar refractivity (Wildman–Crippen MR) is 218 cm³/mol. The van der Waals surface area contributed by atoms with Crippen LogP contribution in [0.1, 0.15) is 0 Å². The zero-order chi connectivity index (χ0) is 34.2. The molecule has 0 saturated heterocycles. The molecular formula is C50H30O2. The number of benzene rings is 9. The number of rotatable bonds is 4. The zero-order valence-electron chi connectivity index (χ0n) is 28.1. The molecule has 0 aliphatic heterocycles. The van der Waals surface area contributed by atoms with Gasteiger partial charge in [0.05, 0.1) is 6.26 Å². The lowest BCUT2D eigenvalue weighted by Gasteiger charge is -2.17. The lowest BCUT2D eigenvalue weighted by Crippen LogP contribution is -1.90. The monoisotopic (exact) mass is 662 g/mol. The van der Waals surface area contributed by atoms with Gasteiger partial charge in [-0.3, -0.25) is 0 Å². The van der Waals surface area contributed by atoms with Gasteiger partial charge in [0.2, 0.25) is 0 Å². The van der Waals surface area contributed by atoms with Crippen molar-refractivity contribution in [3.8, 4) is 44.7 Å². The smallest absolute Gasteiger partial charge is 0.136 e. The van der Waals surface area contributed by atoms with Crippen LogP contribution in [-0.2, 0) is 0 Å². The summed E-state index contributed by atoms with van der Waals surface area (Å²) >= 11 is 0. The Bertz CT molecular complexity index is 3050. The molecule has 242 valence electrons. The summed E-state index contributed by atoms with van der Waals surface area (Å²) in [5.41, 5.74) is 10.1. The second kappa shape index (κ2) is 11.3. The van der Waals surface area contributed by atoms with E-state index >= 15 is 0 Å². The third-order valence-corrected chi connectivity index (χ3v) is 10.7. The largest absolute Gasteiger partial charge is 0.464 e. The lowest BCUT2D eigenvalue weighted by molar-refractivity contribution is 0.583. The average Bonchev–Trinajstić information content (AvgIpc) is 3.87. The summed E-state index contributed by atoms with van der Waals surface area (Å²) in [6.45, 7) is 0. The van der Waals surface area contributed by atoms with Crippen molar-refractivity contribution in [2.24, 2.45) is 0 Å². The molecule has 0 amide bonds. The van der Waals surface area contributed by atoms with E-state index in [1.165, 1.54) is 65.3 Å². The summed E-state index contributed by atoms with van der Waals surface area (Å²) in [5.74, 6) is 0.876. The van der Waals surface area contributed by atoms with Crippen LogP contribution in [0, 0.1) is 0 Å². The summed E-state index contributed by atoms with van der Waals surface area (Å²) in [6.07, 6.45) is 1.75. The van der Waals surface area contributed by atoms with Gasteiger partial charge in [0, 0.05) is 16.3 Å². The van der Waals surface area contributed by atoms with Crippen LogP contribution >= 0.6 is 0 Å². The Hall–Kier alpha value is -6.90. The summed E-state index contributed by atoms with van der Waals surface area (Å²) in [7, 11) is 0. The molecule has 0 atom stereocenters. The SMILES string of the molecule is c1ccc(-c2c3ccccc3c(-c3ccc4c(c3)oc3ccc(-c5c6ccccc6c(-c6ccco6)c6ccccc56)cc34)c3ccccc23)cc1. The van der Waals surface area contributed by atoms with E-state index < -0.39 is 0 Å². The van der Waals surface area contributed by atoms with Gasteiger partial charge in [0.25, 0.3) is 0 Å². The topological polar surface area (TPSA) is 26.3 Å². The highest BCUT2D eigenvalue weighted by Crippen LogP contribution is 2.47. The fraction of sp³-hybridized carbons (Fsp3) is 0. The van der Waals surface area contributed by atoms with Gasteiger partial charge >= 0.3 is 0 Å². The molecule has 11 rings (SSSR count). The number of hydrogen-bond acceptors (Lipinski definition) is 2. The molecule has 0 radical (unpaired) electrons. The van der Waals surface area contributed by atoms with Gasteiger partial charge in [-0.15, -0.1) is 0 Å². The van der Waals surface area contributed by atoms with E-state index in [9.17, 15) is 0 Å². The van der Waals surface area contributed by atoms with Crippen molar-refractivity contribution in [2.45, 2.75) is 0 Å². The Morgan fingerprint density at radius 2 is 0.731 bits per heavy atom. The van der Waals surface area contributed by atoms with Crippen molar-refractivity contribution in [2.75, 3.05) is 0 Å². The molecule has 0 aliphatic rings. The third-order valence-electron chi connectivity index (χ3n) is 10.7. The van der Waals surface area contributed by atoms with Gasteiger partial charge in [-0.1, -0.05) is 140 Å². The highest BCUT2D eigenvalue weighted by Gasteiger charge is 2.20. The molecule has 0 bridgehead atoms. The second-order valence-corrected chi connectivity index (χ2v) is 13.5. The second-order valence-electron chi connectivity index (χ2n) is 13.5. The maximum absolute atomic E-state index is 6.65. The fourth-order valence-corrected chi connectivity index (χ4v) is 8.57. The van der Waals surface area contributed by atoms with Gasteiger partial charge < -0.3 is 8.83 Å². The Morgan fingerprint density at radius 3 is 1.25 bits per heavy atom. The van der Waals surface area contributed by atoms with Crippen LogP contribution in [0.25, 0.3) is 110 Å². The molecule has 0 N–H and O–H groups in total. The molecule has 2 heteroatoms. The van der Waals surface area contributed by atoms with Crippen LogP contribution in [0.3, 0.4) is 0 Å². The van der Waals surface area contributed by atoms with E-state index in [4.69, 9.17) is 8.83 Å². The van der Waals surface area contributed by atoms with Gasteiger partial charge in [-0.2, -0.15) is 0 Å². The molecule has 0 fully saturated rings. The molecule has 9 aromatic carbocycles. The number of hydrogen-bond donors (Lipinski definition) is 0. The van der Waals surface area contributed by atoms with Gasteiger partial charge in [0.15, 0.2) is 0 Å². The Kier molecular flexibility index (Phi) is 6.28. The number of fused-ring (bicyclic) bond motifs is 7. The maximum atomic E-state index is 6.65. The van der Waals surface area contributed by atoms with Crippen molar-refractivity contribution >= 4 is 65.0 Å². The molecule has 2 heterocycles. The lowest BCUT2D eigenvalue weighted by atomic mass is 9.86. The van der Waals surface area contributed by atoms with Crippen LogP contribution < -0.4 is 0 Å². The van der Waals surface area contributed by atoms with E-state index in [2.05, 4.69) is 170 Å². The number of furan rings is 2. The summed E-state index contributed by atoms with van der Waals surface area (Å²) in [4.78, 5) is 0. The summed E-state index contributed by atoms with van der Waals surface area (Å²) < 4.78 is 12.6. The summed E-state index contributed by atoms with van der Waals surface area (Å²) in [5, 5.41) is 11.9. The van der Waals surface area contributed by atoms with Gasteiger partial charge in [0.1, 0.15) is 16.9 Å². The fourth-order valence-electron chi connectivity index (χ4n) is 8.57. The minimum Gasteiger partial charge on any atom is -0.464 e. The summed E-state index contributed by atoms with van der Waals surface area (Å²) in [6, 6.07) is 63.1. The quantitative estimate of drug-likeness (QED) is 0.175. The molecule has 0 aliphatic carbocycles. The van der Waals surface area contributed by atoms with Crippen molar-refractivity contribution < 1.29 is 8.83 Å². The zero-order valence-corrected chi connectivity index (χ0v) is 28.1. The highest BCUT2D eigenvalue weighted by atomic mass is 16.3. The Balaban J connectivity index is 1.13. The molecule has 2 aromatic heterocycles. The van der Waals surface area contributed by atoms with E-state index in [1.807, 2.05) is 6.07 Å². The van der Waals surface area contributed by atoms with Gasteiger partial charge in [-0.25, -0.2) is 0 Å². The molecule has 52 heavy (non-hydrogen) atoms. The molecule has 0 saturated carbocycles. The Labute approximate surface area is 299 Å². The Morgan fingerprint density at radius 1 is 0.269 bits per heavy atom. The minimum absolute atomic E-state index is 0.876. The van der Waals surface area contributed by atoms with E-state index in [0.29, 0.717) is 0 Å². The minimum atomic E-state index is 0.876. The van der Waals surface area contributed by atoms with Crippen molar-refractivity contribution in [3.63, 3.8) is 0 Å². The molecular weight excluding hydrogens is 633 g/mol. The van der Waals surface area contributed by atoms with E-state index in [0.717, 1.165) is 44.4 Å². The van der Waals surface area contributed by atoms with Crippen LogP contribution in [-0.4, -0.2) is 0 Å². The molecule has 0 unspecified atom stereocenters. The first kappa shape index (κ1) is 28.9. The molecule has 2 nitrogen and oxygen atoms in total. The van der Waals surface area contributed by atoms with Crippen LogP contribution in [0.15, 0.2) is 191 Å². The highest BCUT2D eigenvalue weighted by molar-refractivity contribution is 6.23. The standard InChI is InChI=1S/C50H30O2/c1-2-13-31(14-3-1)47-35-15-4-6-17-37(35)49(38-18-7-5-16-36(38)47)33-24-26-34-43-29-32(25-27-44(43)52-46(34)30-33)48-39-19-8-10-21-41(39)50(45-23-12-28-51-45)42-22-11-9-20-40(42)48/h1-30H. The molecule has 0 spiro atoms. The van der Waals surface area contributed by atoms with E-state index in [-0.39, 0.29) is 0 Å². The normalized spacial score (nSPS) is 11.8. The van der Waals surface area contributed by atoms with Gasteiger partial charge in [-0.05, 0) is 113 Å². The van der Waals surface area contributed by atoms with Crippen molar-refractivity contribution in [1.29, 1.82) is 0 Å². The van der Waals surface area contributed by atoms with Crippen molar-refractivity contribution in [3.05, 3.63) is 182 Å². The first-order valence-corrected chi connectivity index (χ1v) is 17.7. The first-order chi connectivity index (χ1) is 25.8.